The third-order valence-electron chi connectivity index (χ3n) is 6.42. The van der Waals surface area contributed by atoms with Crippen molar-refractivity contribution in [2.45, 2.75) is 44.4 Å². The maximum absolute atomic E-state index is 12.6. The van der Waals surface area contributed by atoms with Crippen LogP contribution in [0.1, 0.15) is 31.2 Å². The fourth-order valence-corrected chi connectivity index (χ4v) is 4.39. The molecule has 202 valence electrons. The fraction of sp³-hybridized carbons (Fsp3) is 0.407. The van der Waals surface area contributed by atoms with E-state index >= 15 is 0 Å². The van der Waals surface area contributed by atoms with Crippen LogP contribution in [-0.2, 0) is 20.9 Å². The Bertz CT molecular complexity index is 1130. The molecule has 2 aliphatic rings. The van der Waals surface area contributed by atoms with Crippen LogP contribution in [-0.4, -0.2) is 67.3 Å². The normalized spacial score (nSPS) is 16.4. The number of nitrogens with one attached hydrogen (secondary N) is 4. The van der Waals surface area contributed by atoms with Gasteiger partial charge in [0, 0.05) is 43.6 Å². The van der Waals surface area contributed by atoms with Crippen LogP contribution in [0.25, 0.3) is 0 Å². The number of rotatable bonds is 9. The van der Waals surface area contributed by atoms with E-state index in [0.717, 1.165) is 68.3 Å². The van der Waals surface area contributed by atoms with E-state index < -0.39 is 24.0 Å². The highest BCUT2D eigenvalue weighted by Crippen LogP contribution is 2.23. The van der Waals surface area contributed by atoms with Crippen molar-refractivity contribution in [1.29, 1.82) is 0 Å². The molecule has 11 heteroatoms. The smallest absolute Gasteiger partial charge is 0.408 e. The molecule has 11 nitrogen and oxygen atoms in total. The Morgan fingerprint density at radius 3 is 2.61 bits per heavy atom. The van der Waals surface area contributed by atoms with Gasteiger partial charge in [-0.25, -0.2) is 9.59 Å². The lowest BCUT2D eigenvalue weighted by Crippen LogP contribution is -2.48. The van der Waals surface area contributed by atoms with Crippen molar-refractivity contribution in [2.24, 2.45) is 4.99 Å². The molecular weight excluding hydrogens is 488 g/mol. The molecule has 1 saturated heterocycles. The van der Waals surface area contributed by atoms with E-state index in [9.17, 15) is 19.5 Å². The number of alkyl carbamates (subject to hydrolysis) is 1. The predicted molar refractivity (Wildman–Crippen MR) is 144 cm³/mol. The summed E-state index contributed by atoms with van der Waals surface area (Å²) >= 11 is 0. The first-order valence-electron chi connectivity index (χ1n) is 12.9. The first kappa shape index (κ1) is 26.8. The highest BCUT2D eigenvalue weighted by molar-refractivity contribution is 5.94. The van der Waals surface area contributed by atoms with Gasteiger partial charge >= 0.3 is 12.1 Å². The van der Waals surface area contributed by atoms with Crippen LogP contribution < -0.4 is 26.2 Å². The first-order chi connectivity index (χ1) is 18.5. The van der Waals surface area contributed by atoms with Crippen molar-refractivity contribution >= 4 is 35.3 Å². The Labute approximate surface area is 221 Å². The van der Waals surface area contributed by atoms with Crippen LogP contribution in [0, 0.1) is 0 Å². The van der Waals surface area contributed by atoms with Gasteiger partial charge < -0.3 is 36.0 Å². The van der Waals surface area contributed by atoms with E-state index in [-0.39, 0.29) is 19.1 Å². The summed E-state index contributed by atoms with van der Waals surface area (Å²) in [7, 11) is 0. The van der Waals surface area contributed by atoms with Crippen molar-refractivity contribution in [3.8, 4) is 0 Å². The van der Waals surface area contributed by atoms with Crippen LogP contribution in [0.15, 0.2) is 59.6 Å². The molecule has 2 amide bonds. The summed E-state index contributed by atoms with van der Waals surface area (Å²) in [4.78, 5) is 42.9. The summed E-state index contributed by atoms with van der Waals surface area (Å²) in [6.45, 7) is 3.23. The van der Waals surface area contributed by atoms with E-state index in [1.807, 2.05) is 30.3 Å². The molecule has 0 spiro atoms. The third-order valence-corrected chi connectivity index (χ3v) is 6.42. The van der Waals surface area contributed by atoms with Crippen LogP contribution in [0.4, 0.5) is 16.2 Å². The predicted octanol–water partition coefficient (Wildman–Crippen LogP) is 2.30. The van der Waals surface area contributed by atoms with Gasteiger partial charge in [0.2, 0.25) is 5.91 Å². The van der Waals surface area contributed by atoms with Gasteiger partial charge in [0.05, 0.1) is 6.42 Å². The minimum absolute atomic E-state index is 0.00833. The van der Waals surface area contributed by atoms with Gasteiger partial charge in [-0.05, 0) is 43.0 Å². The molecule has 0 bridgehead atoms. The van der Waals surface area contributed by atoms with E-state index in [0.29, 0.717) is 0 Å². The first-order valence-corrected chi connectivity index (χ1v) is 12.9. The molecule has 2 aromatic rings. The molecule has 4 rings (SSSR count). The van der Waals surface area contributed by atoms with Crippen molar-refractivity contribution < 1.29 is 24.2 Å². The highest BCUT2D eigenvalue weighted by atomic mass is 16.5. The van der Waals surface area contributed by atoms with Crippen molar-refractivity contribution in [3.63, 3.8) is 0 Å². The van der Waals surface area contributed by atoms with E-state index in [2.05, 4.69) is 43.3 Å². The second kappa shape index (κ2) is 13.3. The zero-order valence-electron chi connectivity index (χ0n) is 21.2. The summed E-state index contributed by atoms with van der Waals surface area (Å²) in [5.74, 6) is -0.936. The van der Waals surface area contributed by atoms with Gasteiger partial charge in [-0.1, -0.05) is 36.4 Å². The molecule has 0 aromatic heterocycles. The van der Waals surface area contributed by atoms with Crippen LogP contribution in [0.3, 0.4) is 0 Å². The molecular formula is C27H34N6O5. The van der Waals surface area contributed by atoms with Crippen LogP contribution >= 0.6 is 0 Å². The second-order valence-corrected chi connectivity index (χ2v) is 9.32. The molecule has 1 fully saturated rings. The number of aliphatic carboxylic acids is 1. The zero-order valence-corrected chi connectivity index (χ0v) is 21.2. The number of carboxylic acid groups (broad SMARTS) is 1. The van der Waals surface area contributed by atoms with Crippen LogP contribution in [0.2, 0.25) is 0 Å². The topological polar surface area (TPSA) is 144 Å². The molecule has 38 heavy (non-hydrogen) atoms. The minimum atomic E-state index is -1.38. The molecule has 2 aliphatic heterocycles. The summed E-state index contributed by atoms with van der Waals surface area (Å²) in [5.41, 5.74) is 2.82. The number of aliphatic imine (C=N–C) groups is 1. The number of amides is 2. The number of hydrogen-bond donors (Lipinski definition) is 5. The molecule has 1 atom stereocenters. The second-order valence-electron chi connectivity index (χ2n) is 9.32. The number of benzene rings is 2. The molecule has 5 N–H and O–H groups in total. The van der Waals surface area contributed by atoms with Gasteiger partial charge in [0.15, 0.2) is 5.96 Å². The molecule has 0 radical (unpaired) electrons. The Kier molecular flexibility index (Phi) is 9.38. The number of carbonyl (C=O) groups is 3. The van der Waals surface area contributed by atoms with Gasteiger partial charge in [-0.15, -0.1) is 0 Å². The zero-order chi connectivity index (χ0) is 26.7. The molecule has 1 unspecified atom stereocenters. The highest BCUT2D eigenvalue weighted by Gasteiger charge is 2.27. The fourth-order valence-electron chi connectivity index (χ4n) is 4.39. The molecule has 0 saturated carbocycles. The maximum Gasteiger partial charge on any atom is 0.408 e. The van der Waals surface area contributed by atoms with Gasteiger partial charge in [0.25, 0.3) is 0 Å². The minimum Gasteiger partial charge on any atom is -0.480 e. The average molecular weight is 523 g/mol. The largest absolute Gasteiger partial charge is 0.480 e. The van der Waals surface area contributed by atoms with Gasteiger partial charge in [-0.3, -0.25) is 9.79 Å². The lowest BCUT2D eigenvalue weighted by atomic mass is 10.0. The quantitative estimate of drug-likeness (QED) is 0.337. The van der Waals surface area contributed by atoms with E-state index in [1.165, 1.54) is 0 Å². The summed E-state index contributed by atoms with van der Waals surface area (Å²) in [6.07, 6.45) is 1.22. The number of carboxylic acids is 1. The summed E-state index contributed by atoms with van der Waals surface area (Å²) in [5, 5.41) is 21.2. The van der Waals surface area contributed by atoms with Crippen molar-refractivity contribution in [2.75, 3.05) is 36.4 Å². The standard InChI is InChI=1S/C27H34N6O5/c34-24(17-23(25(35)36)32-27(37)38-18-19-6-2-1-3-7-19)30-20-10-14-33(15-11-20)22-9-4-8-21(16-22)31-26-28-12-5-13-29-26/h1-4,6-9,16,20,23H,5,10-15,17-18H2,(H,30,34)(H,32,37)(H,35,36)(H2,28,29,31). The van der Waals surface area contributed by atoms with Crippen LogP contribution in [0.5, 0.6) is 0 Å². The van der Waals surface area contributed by atoms with Crippen molar-refractivity contribution in [1.82, 2.24) is 16.0 Å². The number of anilines is 2. The van der Waals surface area contributed by atoms with Crippen molar-refractivity contribution in [3.05, 3.63) is 60.2 Å². The molecule has 2 heterocycles. The lowest BCUT2D eigenvalue weighted by Gasteiger charge is -2.34. The van der Waals surface area contributed by atoms with Gasteiger partial charge in [-0.2, -0.15) is 0 Å². The third kappa shape index (κ3) is 8.12. The number of piperidine rings is 1. The molecule has 0 aliphatic carbocycles. The monoisotopic (exact) mass is 522 g/mol. The number of ether oxygens (including phenoxy) is 1. The summed E-state index contributed by atoms with van der Waals surface area (Å²) < 4.78 is 5.08. The maximum atomic E-state index is 12.6. The Balaban J connectivity index is 1.21. The molecule has 2 aromatic carbocycles. The SMILES string of the molecule is O=C(CC(NC(=O)OCc1ccccc1)C(=O)O)NC1CCN(c2cccc(NC3=NCCCN3)c2)CC1. The Morgan fingerprint density at radius 1 is 1.11 bits per heavy atom. The number of nitrogens with zero attached hydrogens (tertiary/aromatic N) is 2. The Morgan fingerprint density at radius 2 is 1.89 bits per heavy atom. The number of hydrogen-bond acceptors (Lipinski definition) is 8. The number of guanidine groups is 1. The van der Waals surface area contributed by atoms with E-state index in [1.54, 1.807) is 12.1 Å². The average Bonchev–Trinajstić information content (AvgIpc) is 2.93. The lowest BCUT2D eigenvalue weighted by molar-refractivity contribution is -0.141. The summed E-state index contributed by atoms with van der Waals surface area (Å²) in [6, 6.07) is 15.7. The Hall–Kier alpha value is -4.28. The number of carbonyl (C=O) groups excluding carboxylic acids is 2. The van der Waals surface area contributed by atoms with E-state index in [4.69, 9.17) is 4.74 Å². The van der Waals surface area contributed by atoms with Gasteiger partial charge in [0.1, 0.15) is 12.6 Å².